The Kier molecular flexibility index (Phi) is 7.39. The topological polar surface area (TPSA) is 111 Å². The molecule has 11 heteroatoms. The number of anilines is 2. The van der Waals surface area contributed by atoms with Crippen LogP contribution in [0.1, 0.15) is 17.3 Å². The minimum absolute atomic E-state index is 0.0964. The van der Waals surface area contributed by atoms with Crippen LogP contribution in [0.4, 0.5) is 15.8 Å². The first-order chi connectivity index (χ1) is 17.3. The summed E-state index contributed by atoms with van der Waals surface area (Å²) in [5, 5.41) is 2.61. The fourth-order valence-corrected chi connectivity index (χ4v) is 4.91. The maximum Gasteiger partial charge on any atom is 0.338 e. The van der Waals surface area contributed by atoms with Gasteiger partial charge in [0.1, 0.15) is 25.6 Å². The van der Waals surface area contributed by atoms with Crippen molar-refractivity contribution < 1.29 is 36.6 Å². The molecule has 3 aromatic carbocycles. The molecule has 0 spiro atoms. The summed E-state index contributed by atoms with van der Waals surface area (Å²) in [6, 6.07) is 14.9. The highest BCUT2D eigenvalue weighted by molar-refractivity contribution is 7.92. The minimum atomic E-state index is -4.26. The Hall–Kier alpha value is -4.12. The molecule has 1 aliphatic heterocycles. The molecular formula is C25H23FN2O7S. The standard InChI is InChI=1S/C25H23FN2O7S/c1-2-33-25(30)17-3-7-19(8-4-17)27-24(29)16-28(20-9-5-18(26)6-10-20)36(31,32)21-11-12-22-23(15-21)35-14-13-34-22/h3-12,15H,2,13-14,16H2,1H3,(H,27,29). The number of hydrogen-bond acceptors (Lipinski definition) is 7. The van der Waals surface area contributed by atoms with Crippen LogP contribution in [-0.4, -0.2) is 46.7 Å². The number of carbonyl (C=O) groups excluding carboxylic acids is 2. The number of fused-ring (bicyclic) bond motifs is 1. The molecule has 0 aromatic heterocycles. The van der Waals surface area contributed by atoms with Crippen molar-refractivity contribution in [1.82, 2.24) is 0 Å². The summed E-state index contributed by atoms with van der Waals surface area (Å²) in [6.45, 7) is 1.95. The van der Waals surface area contributed by atoms with Gasteiger partial charge in [0.05, 0.1) is 22.8 Å². The van der Waals surface area contributed by atoms with Gasteiger partial charge in [0, 0.05) is 11.8 Å². The number of ether oxygens (including phenoxy) is 3. The zero-order valence-electron chi connectivity index (χ0n) is 19.3. The van der Waals surface area contributed by atoms with Gasteiger partial charge in [0.25, 0.3) is 10.0 Å². The van der Waals surface area contributed by atoms with E-state index in [-0.39, 0.29) is 29.5 Å². The van der Waals surface area contributed by atoms with Gasteiger partial charge < -0.3 is 19.5 Å². The number of carbonyl (C=O) groups is 2. The Morgan fingerprint density at radius 3 is 2.31 bits per heavy atom. The van der Waals surface area contributed by atoms with Gasteiger partial charge in [-0.15, -0.1) is 0 Å². The van der Waals surface area contributed by atoms with E-state index < -0.39 is 34.3 Å². The predicted molar refractivity (Wildman–Crippen MR) is 129 cm³/mol. The van der Waals surface area contributed by atoms with Gasteiger partial charge in [-0.25, -0.2) is 17.6 Å². The minimum Gasteiger partial charge on any atom is -0.486 e. The summed E-state index contributed by atoms with van der Waals surface area (Å²) in [5.74, 6) is -1.01. The summed E-state index contributed by atoms with van der Waals surface area (Å²) in [6.07, 6.45) is 0. The predicted octanol–water partition coefficient (Wildman–Crippen LogP) is 3.61. The third-order valence-electron chi connectivity index (χ3n) is 5.18. The Labute approximate surface area is 207 Å². The normalized spacial score (nSPS) is 12.5. The van der Waals surface area contributed by atoms with Gasteiger partial charge in [-0.05, 0) is 67.6 Å². The average molecular weight is 515 g/mol. The molecule has 4 rings (SSSR count). The van der Waals surface area contributed by atoms with Crippen LogP contribution in [0.3, 0.4) is 0 Å². The van der Waals surface area contributed by atoms with E-state index in [2.05, 4.69) is 5.32 Å². The summed E-state index contributed by atoms with van der Waals surface area (Å²) >= 11 is 0. The highest BCUT2D eigenvalue weighted by atomic mass is 32.2. The van der Waals surface area contributed by atoms with Crippen LogP contribution >= 0.6 is 0 Å². The van der Waals surface area contributed by atoms with E-state index in [4.69, 9.17) is 14.2 Å². The molecule has 0 atom stereocenters. The Balaban J connectivity index is 1.59. The van der Waals surface area contributed by atoms with Crippen molar-refractivity contribution >= 4 is 33.3 Å². The van der Waals surface area contributed by atoms with Crippen molar-refractivity contribution in [2.75, 3.05) is 36.0 Å². The molecule has 0 saturated carbocycles. The van der Waals surface area contributed by atoms with Gasteiger partial charge in [-0.2, -0.15) is 0 Å². The SMILES string of the molecule is CCOC(=O)c1ccc(NC(=O)CN(c2ccc(F)cc2)S(=O)(=O)c2ccc3c(c2)OCCO3)cc1. The molecule has 0 aliphatic carbocycles. The van der Waals surface area contributed by atoms with Crippen LogP contribution in [0.2, 0.25) is 0 Å². The summed E-state index contributed by atoms with van der Waals surface area (Å²) in [7, 11) is -4.26. The molecule has 0 saturated heterocycles. The van der Waals surface area contributed by atoms with Crippen molar-refractivity contribution in [2.45, 2.75) is 11.8 Å². The van der Waals surface area contributed by atoms with E-state index in [0.29, 0.717) is 23.6 Å². The van der Waals surface area contributed by atoms with Crippen LogP contribution in [0, 0.1) is 5.82 Å². The Bertz CT molecular complexity index is 1360. The van der Waals surface area contributed by atoms with Crippen LogP contribution in [-0.2, 0) is 19.6 Å². The molecule has 9 nitrogen and oxygen atoms in total. The highest BCUT2D eigenvalue weighted by Crippen LogP contribution is 2.34. The van der Waals surface area contributed by atoms with Crippen molar-refractivity contribution in [3.05, 3.63) is 78.1 Å². The number of nitrogens with one attached hydrogen (secondary N) is 1. The first-order valence-electron chi connectivity index (χ1n) is 11.0. The number of sulfonamides is 1. The number of halogens is 1. The van der Waals surface area contributed by atoms with Crippen molar-refractivity contribution in [1.29, 1.82) is 0 Å². The Morgan fingerprint density at radius 2 is 1.64 bits per heavy atom. The first-order valence-corrected chi connectivity index (χ1v) is 12.5. The maximum atomic E-state index is 13.6. The summed E-state index contributed by atoms with van der Waals surface area (Å²) in [5.41, 5.74) is 0.756. The number of nitrogens with zero attached hydrogens (tertiary/aromatic N) is 1. The summed E-state index contributed by atoms with van der Waals surface area (Å²) in [4.78, 5) is 24.6. The number of rotatable bonds is 8. The second kappa shape index (κ2) is 10.6. The number of benzene rings is 3. The molecule has 188 valence electrons. The lowest BCUT2D eigenvalue weighted by Gasteiger charge is -2.25. The molecule has 0 radical (unpaired) electrons. The number of esters is 1. The first kappa shape index (κ1) is 25.0. The second-order valence-corrected chi connectivity index (χ2v) is 9.50. The largest absolute Gasteiger partial charge is 0.486 e. The molecule has 3 aromatic rings. The Morgan fingerprint density at radius 1 is 0.972 bits per heavy atom. The third kappa shape index (κ3) is 5.57. The zero-order valence-corrected chi connectivity index (χ0v) is 20.1. The molecule has 1 aliphatic rings. The zero-order chi connectivity index (χ0) is 25.7. The van der Waals surface area contributed by atoms with Crippen LogP contribution in [0.25, 0.3) is 0 Å². The quantitative estimate of drug-likeness (QED) is 0.457. The molecular weight excluding hydrogens is 491 g/mol. The average Bonchev–Trinajstić information content (AvgIpc) is 2.88. The molecule has 0 bridgehead atoms. The maximum absolute atomic E-state index is 13.6. The molecule has 1 amide bonds. The van der Waals surface area contributed by atoms with Crippen molar-refractivity contribution in [3.8, 4) is 11.5 Å². The molecule has 1 N–H and O–H groups in total. The van der Waals surface area contributed by atoms with Crippen LogP contribution < -0.4 is 19.1 Å². The highest BCUT2D eigenvalue weighted by Gasteiger charge is 2.29. The molecule has 36 heavy (non-hydrogen) atoms. The summed E-state index contributed by atoms with van der Waals surface area (Å²) < 4.78 is 57.4. The van der Waals surface area contributed by atoms with Crippen molar-refractivity contribution in [2.24, 2.45) is 0 Å². The van der Waals surface area contributed by atoms with E-state index in [9.17, 15) is 22.4 Å². The second-order valence-electron chi connectivity index (χ2n) is 7.64. The van der Waals surface area contributed by atoms with E-state index in [1.54, 1.807) is 6.92 Å². The van der Waals surface area contributed by atoms with E-state index >= 15 is 0 Å². The third-order valence-corrected chi connectivity index (χ3v) is 6.95. The lowest BCUT2D eigenvalue weighted by molar-refractivity contribution is -0.114. The van der Waals surface area contributed by atoms with Crippen molar-refractivity contribution in [3.63, 3.8) is 0 Å². The van der Waals surface area contributed by atoms with Gasteiger partial charge in [0.2, 0.25) is 5.91 Å². The number of hydrogen-bond donors (Lipinski definition) is 1. The van der Waals surface area contributed by atoms with E-state index in [0.717, 1.165) is 16.4 Å². The lowest BCUT2D eigenvalue weighted by atomic mass is 10.2. The van der Waals surface area contributed by atoms with Gasteiger partial charge >= 0.3 is 5.97 Å². The molecule has 0 unspecified atom stereocenters. The number of amides is 1. The van der Waals surface area contributed by atoms with Gasteiger partial charge in [-0.3, -0.25) is 9.10 Å². The fraction of sp³-hybridized carbons (Fsp3) is 0.200. The van der Waals surface area contributed by atoms with Gasteiger partial charge in [-0.1, -0.05) is 0 Å². The fourth-order valence-electron chi connectivity index (χ4n) is 3.47. The van der Waals surface area contributed by atoms with Crippen LogP contribution in [0.15, 0.2) is 71.6 Å². The lowest BCUT2D eigenvalue weighted by Crippen LogP contribution is -2.38. The van der Waals surface area contributed by atoms with E-state index in [1.807, 2.05) is 0 Å². The monoisotopic (exact) mass is 514 g/mol. The molecule has 1 heterocycles. The molecule has 0 fully saturated rings. The van der Waals surface area contributed by atoms with E-state index in [1.165, 1.54) is 54.6 Å². The smallest absolute Gasteiger partial charge is 0.338 e. The van der Waals surface area contributed by atoms with Gasteiger partial charge in [0.15, 0.2) is 11.5 Å². The van der Waals surface area contributed by atoms with Crippen LogP contribution in [0.5, 0.6) is 11.5 Å².